The van der Waals surface area contributed by atoms with Crippen molar-refractivity contribution in [3.05, 3.63) is 48.5 Å². The highest BCUT2D eigenvalue weighted by molar-refractivity contribution is 5.79. The van der Waals surface area contributed by atoms with Gasteiger partial charge in [0.05, 0.1) is 25.5 Å². The molecule has 1 aliphatic heterocycles. The fourth-order valence-electron chi connectivity index (χ4n) is 3.35. The monoisotopic (exact) mass is 365 g/mol. The topological polar surface area (TPSA) is 76.3 Å². The summed E-state index contributed by atoms with van der Waals surface area (Å²) in [5, 5.41) is 14.8. The lowest BCUT2D eigenvalue weighted by Gasteiger charge is -2.26. The van der Waals surface area contributed by atoms with Crippen LogP contribution in [-0.2, 0) is 11.3 Å². The highest BCUT2D eigenvalue weighted by atomic mass is 16.5. The van der Waals surface area contributed by atoms with Crippen molar-refractivity contribution in [1.82, 2.24) is 24.6 Å². The molecule has 2 aromatic heterocycles. The molecule has 0 bridgehead atoms. The number of hydrogen-bond acceptors (Lipinski definition) is 6. The number of ether oxygens (including phenoxy) is 1. The zero-order valence-corrected chi connectivity index (χ0v) is 15.4. The molecule has 7 heteroatoms. The minimum atomic E-state index is 0.238. The molecule has 0 unspecified atom stereocenters. The SMILES string of the molecule is Cc1cc(O)cc(-c2nn(CCN3CCOCC3)cc2-c2ccncn2)c1. The first-order chi connectivity index (χ1) is 13.2. The molecule has 1 aliphatic rings. The molecule has 1 N–H and O–H groups in total. The molecular weight excluding hydrogens is 342 g/mol. The average Bonchev–Trinajstić information content (AvgIpc) is 3.12. The van der Waals surface area contributed by atoms with Crippen molar-refractivity contribution in [2.45, 2.75) is 13.5 Å². The first-order valence-electron chi connectivity index (χ1n) is 9.14. The highest BCUT2D eigenvalue weighted by Crippen LogP contribution is 2.32. The summed E-state index contributed by atoms with van der Waals surface area (Å²) in [6, 6.07) is 7.39. The maximum atomic E-state index is 10.0. The second kappa shape index (κ2) is 7.85. The molecular formula is C20H23N5O2. The number of phenols is 1. The molecule has 1 fully saturated rings. The Morgan fingerprint density at radius 2 is 2.00 bits per heavy atom. The van der Waals surface area contributed by atoms with Gasteiger partial charge in [-0.3, -0.25) is 9.58 Å². The Balaban J connectivity index is 1.66. The number of morpholine rings is 1. The van der Waals surface area contributed by atoms with Gasteiger partial charge in [-0.1, -0.05) is 0 Å². The third-order valence-electron chi connectivity index (χ3n) is 4.70. The predicted molar refractivity (Wildman–Crippen MR) is 102 cm³/mol. The van der Waals surface area contributed by atoms with Gasteiger partial charge in [-0.25, -0.2) is 9.97 Å². The van der Waals surface area contributed by atoms with E-state index in [1.54, 1.807) is 18.3 Å². The van der Waals surface area contributed by atoms with E-state index in [1.165, 1.54) is 6.33 Å². The second-order valence-electron chi connectivity index (χ2n) is 6.76. The van der Waals surface area contributed by atoms with Crippen LogP contribution in [0.5, 0.6) is 5.75 Å². The van der Waals surface area contributed by atoms with E-state index in [2.05, 4.69) is 14.9 Å². The number of hydrogen-bond donors (Lipinski definition) is 1. The molecule has 0 spiro atoms. The average molecular weight is 365 g/mol. The van der Waals surface area contributed by atoms with Crippen LogP contribution in [0.2, 0.25) is 0 Å². The van der Waals surface area contributed by atoms with E-state index in [0.29, 0.717) is 0 Å². The van der Waals surface area contributed by atoms with Crippen LogP contribution in [0.4, 0.5) is 0 Å². The van der Waals surface area contributed by atoms with Gasteiger partial charge in [0.1, 0.15) is 17.8 Å². The van der Waals surface area contributed by atoms with Gasteiger partial charge in [-0.05, 0) is 36.8 Å². The van der Waals surface area contributed by atoms with Crippen LogP contribution in [0.15, 0.2) is 43.0 Å². The van der Waals surface area contributed by atoms with Crippen LogP contribution < -0.4 is 0 Å². The van der Waals surface area contributed by atoms with Crippen LogP contribution in [-0.4, -0.2) is 62.6 Å². The minimum Gasteiger partial charge on any atom is -0.508 e. The number of aromatic hydroxyl groups is 1. The molecule has 4 rings (SSSR count). The normalized spacial score (nSPS) is 15.1. The summed E-state index contributed by atoms with van der Waals surface area (Å²) in [6.07, 6.45) is 5.29. The minimum absolute atomic E-state index is 0.238. The van der Waals surface area contributed by atoms with E-state index in [4.69, 9.17) is 9.84 Å². The Morgan fingerprint density at radius 1 is 1.15 bits per heavy atom. The van der Waals surface area contributed by atoms with Crippen molar-refractivity contribution >= 4 is 0 Å². The Kier molecular flexibility index (Phi) is 5.13. The second-order valence-corrected chi connectivity index (χ2v) is 6.76. The van der Waals surface area contributed by atoms with E-state index in [0.717, 1.165) is 67.5 Å². The molecule has 0 atom stereocenters. The number of aryl methyl sites for hydroxylation is 1. The van der Waals surface area contributed by atoms with Gasteiger partial charge in [0.25, 0.3) is 0 Å². The van der Waals surface area contributed by atoms with Crippen LogP contribution >= 0.6 is 0 Å². The Hall–Kier alpha value is -2.77. The molecule has 0 radical (unpaired) electrons. The fraction of sp³-hybridized carbons (Fsp3) is 0.350. The van der Waals surface area contributed by atoms with Gasteiger partial charge in [0.2, 0.25) is 0 Å². The summed E-state index contributed by atoms with van der Waals surface area (Å²) in [7, 11) is 0. The lowest BCUT2D eigenvalue weighted by molar-refractivity contribution is 0.0360. The first kappa shape index (κ1) is 17.6. The lowest BCUT2D eigenvalue weighted by atomic mass is 10.0. The van der Waals surface area contributed by atoms with Crippen molar-refractivity contribution in [3.8, 4) is 28.3 Å². The van der Waals surface area contributed by atoms with E-state index >= 15 is 0 Å². The quantitative estimate of drug-likeness (QED) is 0.748. The van der Waals surface area contributed by atoms with Crippen LogP contribution in [0, 0.1) is 6.92 Å². The van der Waals surface area contributed by atoms with E-state index < -0.39 is 0 Å². The van der Waals surface area contributed by atoms with Crippen LogP contribution in [0.25, 0.3) is 22.5 Å². The van der Waals surface area contributed by atoms with E-state index in [-0.39, 0.29) is 5.75 Å². The van der Waals surface area contributed by atoms with Crippen LogP contribution in [0.3, 0.4) is 0 Å². The summed E-state index contributed by atoms with van der Waals surface area (Å²) in [5.74, 6) is 0.238. The van der Waals surface area contributed by atoms with Gasteiger partial charge in [0.15, 0.2) is 0 Å². The Bertz CT molecular complexity index is 884. The first-order valence-corrected chi connectivity index (χ1v) is 9.14. The predicted octanol–water partition coefficient (Wildman–Crippen LogP) is 2.35. The molecule has 3 heterocycles. The summed E-state index contributed by atoms with van der Waals surface area (Å²) >= 11 is 0. The molecule has 7 nitrogen and oxygen atoms in total. The van der Waals surface area contributed by atoms with Gasteiger partial charge >= 0.3 is 0 Å². The smallest absolute Gasteiger partial charge is 0.116 e. The van der Waals surface area contributed by atoms with Crippen LogP contribution in [0.1, 0.15) is 5.56 Å². The Morgan fingerprint density at radius 3 is 2.74 bits per heavy atom. The third-order valence-corrected chi connectivity index (χ3v) is 4.70. The number of phenolic OH excluding ortho intramolecular Hbond substituents is 1. The van der Waals surface area contributed by atoms with Crippen molar-refractivity contribution in [1.29, 1.82) is 0 Å². The highest BCUT2D eigenvalue weighted by Gasteiger charge is 2.16. The van der Waals surface area contributed by atoms with Gasteiger partial charge in [-0.2, -0.15) is 5.10 Å². The largest absolute Gasteiger partial charge is 0.508 e. The molecule has 1 saturated heterocycles. The summed E-state index contributed by atoms with van der Waals surface area (Å²) in [5.41, 5.74) is 4.44. The third kappa shape index (κ3) is 4.15. The van der Waals surface area contributed by atoms with Gasteiger partial charge in [-0.15, -0.1) is 0 Å². The van der Waals surface area contributed by atoms with Crippen molar-refractivity contribution in [2.24, 2.45) is 0 Å². The van der Waals surface area contributed by atoms with Crippen molar-refractivity contribution in [2.75, 3.05) is 32.8 Å². The standard InChI is InChI=1S/C20H23N5O2/c1-15-10-16(12-17(26)11-15)20-18(19-2-3-21-14-22-19)13-25(23-20)5-4-24-6-8-27-9-7-24/h2-3,10-14,26H,4-9H2,1H3. The fourth-order valence-corrected chi connectivity index (χ4v) is 3.35. The molecule has 0 amide bonds. The number of aromatic nitrogens is 4. The summed E-state index contributed by atoms with van der Waals surface area (Å²) in [4.78, 5) is 10.8. The summed E-state index contributed by atoms with van der Waals surface area (Å²) in [6.45, 7) is 7.17. The molecule has 0 aliphatic carbocycles. The molecule has 27 heavy (non-hydrogen) atoms. The van der Waals surface area contributed by atoms with Gasteiger partial charge in [0, 0.05) is 43.2 Å². The number of benzene rings is 1. The lowest BCUT2D eigenvalue weighted by Crippen LogP contribution is -2.38. The Labute approximate surface area is 158 Å². The van der Waals surface area contributed by atoms with Crippen molar-refractivity contribution in [3.63, 3.8) is 0 Å². The van der Waals surface area contributed by atoms with Gasteiger partial charge < -0.3 is 9.84 Å². The maximum absolute atomic E-state index is 10.0. The number of nitrogens with zero attached hydrogens (tertiary/aromatic N) is 5. The molecule has 140 valence electrons. The maximum Gasteiger partial charge on any atom is 0.116 e. The molecule has 3 aromatic rings. The molecule has 0 saturated carbocycles. The van der Waals surface area contributed by atoms with E-state index in [1.807, 2.05) is 29.9 Å². The zero-order chi connectivity index (χ0) is 18.6. The van der Waals surface area contributed by atoms with Crippen molar-refractivity contribution < 1.29 is 9.84 Å². The molecule has 1 aromatic carbocycles. The zero-order valence-electron chi connectivity index (χ0n) is 15.4. The number of rotatable bonds is 5. The van der Waals surface area contributed by atoms with E-state index in [9.17, 15) is 5.11 Å². The summed E-state index contributed by atoms with van der Waals surface area (Å²) < 4.78 is 7.37.